The van der Waals surface area contributed by atoms with Crippen LogP contribution >= 0.6 is 18.7 Å². The first-order valence-corrected chi connectivity index (χ1v) is 13.9. The first-order valence-electron chi connectivity index (χ1n) is 11.0. The standard InChI is InChI=1S/C23H29ClN7O4P/c1-30(2)13-12-25-17-10-11-18(21(35-3)20(17)31(32)33)28-23-26-14-15(24)22(29-23)27-16-8-6-7-9-19(16)36(4,5)34/h6-11,14,25H,12-13H2,1-5H3,(H2,26,27,28,29). The maximum Gasteiger partial charge on any atom is 0.335 e. The summed E-state index contributed by atoms with van der Waals surface area (Å²) in [7, 11) is 2.62. The molecule has 0 aliphatic carbocycles. The predicted molar refractivity (Wildman–Crippen MR) is 146 cm³/mol. The zero-order valence-corrected chi connectivity index (χ0v) is 22.4. The number of rotatable bonds is 11. The van der Waals surface area contributed by atoms with Crippen molar-refractivity contribution in [3.8, 4) is 5.75 Å². The number of methoxy groups -OCH3 is 1. The summed E-state index contributed by atoms with van der Waals surface area (Å²) >= 11 is 6.32. The molecule has 0 atom stereocenters. The highest BCUT2D eigenvalue weighted by Gasteiger charge is 2.25. The monoisotopic (exact) mass is 533 g/mol. The number of nitrogens with one attached hydrogen (secondary N) is 3. The minimum Gasteiger partial charge on any atom is -0.489 e. The van der Waals surface area contributed by atoms with E-state index in [2.05, 4.69) is 25.9 Å². The fourth-order valence-corrected chi connectivity index (χ4v) is 4.72. The third-order valence-corrected chi connectivity index (χ3v) is 6.95. The molecule has 0 amide bonds. The highest BCUT2D eigenvalue weighted by Crippen LogP contribution is 2.42. The molecule has 0 bridgehead atoms. The average Bonchev–Trinajstić information content (AvgIpc) is 2.81. The van der Waals surface area contributed by atoms with Crippen LogP contribution in [0.1, 0.15) is 0 Å². The average molecular weight is 534 g/mol. The molecule has 0 spiro atoms. The Morgan fingerprint density at radius 1 is 1.11 bits per heavy atom. The molecule has 13 heteroatoms. The molecule has 0 aliphatic rings. The van der Waals surface area contributed by atoms with Gasteiger partial charge < -0.3 is 30.2 Å². The Morgan fingerprint density at radius 3 is 2.44 bits per heavy atom. The van der Waals surface area contributed by atoms with E-state index < -0.39 is 12.1 Å². The maximum atomic E-state index is 12.7. The molecule has 1 heterocycles. The van der Waals surface area contributed by atoms with Crippen LogP contribution in [-0.4, -0.2) is 67.4 Å². The summed E-state index contributed by atoms with van der Waals surface area (Å²) in [4.78, 5) is 22.0. The molecular weight excluding hydrogens is 505 g/mol. The van der Waals surface area contributed by atoms with Gasteiger partial charge in [0.2, 0.25) is 11.7 Å². The fraction of sp³-hybridized carbons (Fsp3) is 0.304. The first kappa shape index (κ1) is 27.2. The summed E-state index contributed by atoms with van der Waals surface area (Å²) < 4.78 is 18.1. The van der Waals surface area contributed by atoms with Crippen LogP contribution in [0.2, 0.25) is 5.02 Å². The Balaban J connectivity index is 1.93. The lowest BCUT2D eigenvalue weighted by atomic mass is 10.2. The van der Waals surface area contributed by atoms with Gasteiger partial charge in [-0.15, -0.1) is 0 Å². The number of hydrogen-bond acceptors (Lipinski definition) is 10. The second-order valence-corrected chi connectivity index (χ2v) is 12.1. The lowest BCUT2D eigenvalue weighted by Crippen LogP contribution is -2.21. The van der Waals surface area contributed by atoms with Crippen LogP contribution in [0, 0.1) is 10.1 Å². The van der Waals surface area contributed by atoms with Crippen molar-refractivity contribution in [2.24, 2.45) is 0 Å². The number of hydrogen-bond donors (Lipinski definition) is 3. The third-order valence-electron chi connectivity index (χ3n) is 5.12. The normalized spacial score (nSPS) is 11.3. The number of nitro groups is 1. The summed E-state index contributed by atoms with van der Waals surface area (Å²) in [5.74, 6) is 0.452. The van der Waals surface area contributed by atoms with Crippen molar-refractivity contribution in [3.63, 3.8) is 0 Å². The number of ether oxygens (including phenoxy) is 1. The molecule has 0 saturated heterocycles. The second kappa shape index (κ2) is 11.6. The molecule has 3 N–H and O–H groups in total. The number of likely N-dealkylation sites (N-methyl/N-ethyl adjacent to an activating group) is 1. The minimum atomic E-state index is -2.57. The van der Waals surface area contributed by atoms with Gasteiger partial charge in [-0.25, -0.2) is 4.98 Å². The van der Waals surface area contributed by atoms with Gasteiger partial charge in [0.05, 0.1) is 29.6 Å². The van der Waals surface area contributed by atoms with Crippen LogP contribution in [0.5, 0.6) is 5.75 Å². The molecule has 2 aromatic carbocycles. The molecule has 192 valence electrons. The number of aromatic nitrogens is 2. The second-order valence-electron chi connectivity index (χ2n) is 8.54. The van der Waals surface area contributed by atoms with Crippen molar-refractivity contribution in [1.29, 1.82) is 0 Å². The summed E-state index contributed by atoms with van der Waals surface area (Å²) in [5.41, 5.74) is 1.05. The summed E-state index contributed by atoms with van der Waals surface area (Å²) in [6, 6.07) is 10.4. The molecule has 36 heavy (non-hydrogen) atoms. The van der Waals surface area contributed by atoms with E-state index in [4.69, 9.17) is 16.3 Å². The van der Waals surface area contributed by atoms with Crippen molar-refractivity contribution in [2.45, 2.75) is 0 Å². The van der Waals surface area contributed by atoms with E-state index in [1.807, 2.05) is 31.1 Å². The zero-order valence-electron chi connectivity index (χ0n) is 20.7. The molecule has 0 unspecified atom stereocenters. The lowest BCUT2D eigenvalue weighted by molar-refractivity contribution is -0.384. The molecule has 0 saturated carbocycles. The number of anilines is 5. The summed E-state index contributed by atoms with van der Waals surface area (Å²) in [6.45, 7) is 4.58. The van der Waals surface area contributed by atoms with E-state index in [1.54, 1.807) is 37.6 Å². The van der Waals surface area contributed by atoms with Gasteiger partial charge in [-0.1, -0.05) is 23.7 Å². The third kappa shape index (κ3) is 6.63. The molecule has 0 aliphatic heterocycles. The van der Waals surface area contributed by atoms with Crippen LogP contribution < -0.4 is 26.0 Å². The van der Waals surface area contributed by atoms with Gasteiger partial charge in [-0.05, 0) is 51.7 Å². The van der Waals surface area contributed by atoms with Crippen LogP contribution in [-0.2, 0) is 4.57 Å². The highest BCUT2D eigenvalue weighted by atomic mass is 35.5. The summed E-state index contributed by atoms with van der Waals surface area (Å²) in [6.07, 6.45) is 1.40. The van der Waals surface area contributed by atoms with Crippen LogP contribution in [0.4, 0.5) is 34.5 Å². The topological polar surface area (TPSA) is 135 Å². The molecule has 0 radical (unpaired) electrons. The zero-order chi connectivity index (χ0) is 26.5. The van der Waals surface area contributed by atoms with E-state index in [0.717, 1.165) is 0 Å². The summed E-state index contributed by atoms with van der Waals surface area (Å²) in [5, 5.41) is 22.0. The van der Waals surface area contributed by atoms with Gasteiger partial charge >= 0.3 is 5.69 Å². The molecule has 3 aromatic rings. The smallest absolute Gasteiger partial charge is 0.335 e. The number of benzene rings is 2. The maximum absolute atomic E-state index is 12.7. The first-order chi connectivity index (χ1) is 17.0. The van der Waals surface area contributed by atoms with E-state index in [-0.39, 0.29) is 28.2 Å². The fourth-order valence-electron chi connectivity index (χ4n) is 3.43. The van der Waals surface area contributed by atoms with E-state index in [0.29, 0.717) is 35.5 Å². The van der Waals surface area contributed by atoms with Gasteiger partial charge in [-0.3, -0.25) is 10.1 Å². The Bertz CT molecular complexity index is 1300. The van der Waals surface area contributed by atoms with Gasteiger partial charge in [-0.2, -0.15) is 4.98 Å². The van der Waals surface area contributed by atoms with Gasteiger partial charge in [0.25, 0.3) is 0 Å². The van der Waals surface area contributed by atoms with Crippen LogP contribution in [0.3, 0.4) is 0 Å². The quantitative estimate of drug-likeness (QED) is 0.180. The lowest BCUT2D eigenvalue weighted by Gasteiger charge is -2.17. The van der Waals surface area contributed by atoms with Gasteiger partial charge in [0.15, 0.2) is 5.82 Å². The van der Waals surface area contributed by atoms with Crippen molar-refractivity contribution >= 4 is 58.6 Å². The van der Waals surface area contributed by atoms with Crippen molar-refractivity contribution in [2.75, 3.05) is 63.6 Å². The van der Waals surface area contributed by atoms with Crippen LogP contribution in [0.15, 0.2) is 42.6 Å². The molecular formula is C23H29ClN7O4P. The molecule has 0 fully saturated rings. The van der Waals surface area contributed by atoms with Crippen molar-refractivity contribution in [1.82, 2.24) is 14.9 Å². The van der Waals surface area contributed by atoms with Crippen molar-refractivity contribution in [3.05, 3.63) is 57.7 Å². The highest BCUT2D eigenvalue weighted by molar-refractivity contribution is 7.70. The Hall–Kier alpha value is -3.40. The minimum absolute atomic E-state index is 0.0335. The number of para-hydroxylation sites is 1. The Labute approximate surface area is 214 Å². The Kier molecular flexibility index (Phi) is 8.73. The van der Waals surface area contributed by atoms with E-state index in [9.17, 15) is 14.7 Å². The predicted octanol–water partition coefficient (Wildman–Crippen LogP) is 4.76. The van der Waals surface area contributed by atoms with E-state index >= 15 is 0 Å². The molecule has 3 rings (SSSR count). The van der Waals surface area contributed by atoms with Crippen molar-refractivity contribution < 1.29 is 14.2 Å². The van der Waals surface area contributed by atoms with E-state index in [1.165, 1.54) is 13.3 Å². The number of halogens is 1. The molecule has 11 nitrogen and oxygen atoms in total. The number of nitro benzene ring substituents is 1. The van der Waals surface area contributed by atoms with Gasteiger partial charge in [0.1, 0.15) is 17.9 Å². The Morgan fingerprint density at radius 2 is 1.81 bits per heavy atom. The largest absolute Gasteiger partial charge is 0.489 e. The van der Waals surface area contributed by atoms with Gasteiger partial charge in [0, 0.05) is 18.4 Å². The molecule has 1 aromatic heterocycles. The number of nitrogens with zero attached hydrogens (tertiary/aromatic N) is 4. The van der Waals surface area contributed by atoms with Crippen LogP contribution in [0.25, 0.3) is 0 Å². The SMILES string of the molecule is COc1c(Nc2ncc(Cl)c(Nc3ccccc3P(C)(C)=O)n2)ccc(NCCN(C)C)c1[N+](=O)[O-].